The zero-order valence-corrected chi connectivity index (χ0v) is 12.2. The first kappa shape index (κ1) is 14.3. The van der Waals surface area contributed by atoms with Gasteiger partial charge in [-0.3, -0.25) is 5.10 Å². The van der Waals surface area contributed by atoms with Gasteiger partial charge in [0, 0.05) is 30.8 Å². The monoisotopic (exact) mass is 275 g/mol. The summed E-state index contributed by atoms with van der Waals surface area (Å²) in [7, 11) is 0. The quantitative estimate of drug-likeness (QED) is 0.812. The minimum Gasteiger partial charge on any atom is -0.419 e. The summed E-state index contributed by atoms with van der Waals surface area (Å²) in [4.78, 5) is 8.89. The molecular weight excluding hydrogens is 254 g/mol. The number of rotatable bonds is 7. The standard InChI is InChI=1S/C14H21N5O/c1-4-6-11-16-12(15-7-5-2)9-13(17-11)20-14-8-10(3)18-19-14/h8-9H,4-7H2,1-3H3,(H,18,19)(H,15,16,17). The van der Waals surface area contributed by atoms with Crippen LogP contribution >= 0.6 is 0 Å². The van der Waals surface area contributed by atoms with Crippen LogP contribution in [0.15, 0.2) is 12.1 Å². The summed E-state index contributed by atoms with van der Waals surface area (Å²) < 4.78 is 5.67. The molecule has 0 amide bonds. The zero-order valence-electron chi connectivity index (χ0n) is 12.2. The average Bonchev–Trinajstić information content (AvgIpc) is 2.82. The van der Waals surface area contributed by atoms with Crippen molar-refractivity contribution >= 4 is 5.82 Å². The van der Waals surface area contributed by atoms with Gasteiger partial charge < -0.3 is 10.1 Å². The normalized spacial score (nSPS) is 10.6. The summed E-state index contributed by atoms with van der Waals surface area (Å²) in [5.41, 5.74) is 0.951. The largest absolute Gasteiger partial charge is 0.419 e. The number of aromatic amines is 1. The van der Waals surface area contributed by atoms with Crippen LogP contribution in [0.3, 0.4) is 0 Å². The van der Waals surface area contributed by atoms with Crippen LogP contribution in [0, 0.1) is 6.92 Å². The third-order valence-electron chi connectivity index (χ3n) is 2.67. The molecule has 0 spiro atoms. The Hall–Kier alpha value is -2.11. The Balaban J connectivity index is 2.18. The van der Waals surface area contributed by atoms with Gasteiger partial charge in [0.15, 0.2) is 0 Å². The predicted molar refractivity (Wildman–Crippen MR) is 78.2 cm³/mol. The second-order valence-electron chi connectivity index (χ2n) is 4.68. The van der Waals surface area contributed by atoms with Gasteiger partial charge in [-0.25, -0.2) is 4.98 Å². The number of aryl methyl sites for hydroxylation is 2. The van der Waals surface area contributed by atoms with E-state index in [-0.39, 0.29) is 0 Å². The van der Waals surface area contributed by atoms with Gasteiger partial charge in [0.05, 0.1) is 0 Å². The highest BCUT2D eigenvalue weighted by atomic mass is 16.5. The maximum Gasteiger partial charge on any atom is 0.240 e. The lowest BCUT2D eigenvalue weighted by molar-refractivity contribution is 0.440. The van der Waals surface area contributed by atoms with Gasteiger partial charge in [0.25, 0.3) is 0 Å². The van der Waals surface area contributed by atoms with Crippen molar-refractivity contribution < 1.29 is 4.74 Å². The Bertz CT molecular complexity index is 552. The van der Waals surface area contributed by atoms with E-state index < -0.39 is 0 Å². The minimum absolute atomic E-state index is 0.519. The van der Waals surface area contributed by atoms with E-state index in [9.17, 15) is 0 Å². The highest BCUT2D eigenvalue weighted by Gasteiger charge is 2.07. The van der Waals surface area contributed by atoms with Crippen LogP contribution in [0.1, 0.15) is 38.2 Å². The van der Waals surface area contributed by atoms with E-state index in [0.29, 0.717) is 11.8 Å². The van der Waals surface area contributed by atoms with Gasteiger partial charge in [0.1, 0.15) is 11.6 Å². The molecule has 108 valence electrons. The Morgan fingerprint density at radius 1 is 1.15 bits per heavy atom. The van der Waals surface area contributed by atoms with Crippen LogP contribution in [-0.2, 0) is 6.42 Å². The zero-order chi connectivity index (χ0) is 14.4. The molecule has 6 heteroatoms. The van der Waals surface area contributed by atoms with Crippen molar-refractivity contribution in [2.75, 3.05) is 11.9 Å². The average molecular weight is 275 g/mol. The third-order valence-corrected chi connectivity index (χ3v) is 2.67. The number of hydrogen-bond donors (Lipinski definition) is 2. The SMILES string of the molecule is CCCNc1cc(Oc2cc(C)[nH]n2)nc(CCC)n1. The van der Waals surface area contributed by atoms with E-state index in [4.69, 9.17) is 4.74 Å². The molecule has 0 bridgehead atoms. The second kappa shape index (κ2) is 6.88. The predicted octanol–water partition coefficient (Wildman–Crippen LogP) is 3.07. The maximum atomic E-state index is 5.67. The molecule has 0 radical (unpaired) electrons. The highest BCUT2D eigenvalue weighted by Crippen LogP contribution is 2.20. The molecule has 2 N–H and O–H groups in total. The molecule has 0 saturated carbocycles. The molecule has 2 heterocycles. The third kappa shape index (κ3) is 3.94. The topological polar surface area (TPSA) is 75.7 Å². The van der Waals surface area contributed by atoms with E-state index in [1.54, 1.807) is 6.07 Å². The first-order valence-electron chi connectivity index (χ1n) is 7.03. The van der Waals surface area contributed by atoms with Gasteiger partial charge in [-0.2, -0.15) is 4.98 Å². The summed E-state index contributed by atoms with van der Waals surface area (Å²) in [6.07, 6.45) is 2.87. The lowest BCUT2D eigenvalue weighted by Crippen LogP contribution is -2.06. The Kier molecular flexibility index (Phi) is 4.92. The van der Waals surface area contributed by atoms with Crippen LogP contribution in [0.5, 0.6) is 11.8 Å². The fourth-order valence-corrected chi connectivity index (χ4v) is 1.76. The second-order valence-corrected chi connectivity index (χ2v) is 4.68. The molecule has 0 aliphatic rings. The fourth-order valence-electron chi connectivity index (χ4n) is 1.76. The van der Waals surface area contributed by atoms with Crippen molar-refractivity contribution in [1.29, 1.82) is 0 Å². The van der Waals surface area contributed by atoms with Gasteiger partial charge >= 0.3 is 0 Å². The number of nitrogens with zero attached hydrogens (tertiary/aromatic N) is 3. The number of H-pyrrole nitrogens is 1. The summed E-state index contributed by atoms with van der Waals surface area (Å²) in [5, 5.41) is 10.2. The van der Waals surface area contributed by atoms with Gasteiger partial charge in [-0.05, 0) is 19.8 Å². The van der Waals surface area contributed by atoms with Gasteiger partial charge in [0.2, 0.25) is 11.8 Å². The van der Waals surface area contributed by atoms with Crippen LogP contribution < -0.4 is 10.1 Å². The van der Waals surface area contributed by atoms with E-state index in [2.05, 4.69) is 39.3 Å². The van der Waals surface area contributed by atoms with Crippen LogP contribution in [0.2, 0.25) is 0 Å². The molecule has 20 heavy (non-hydrogen) atoms. The van der Waals surface area contributed by atoms with E-state index in [0.717, 1.165) is 43.1 Å². The molecule has 2 rings (SSSR count). The summed E-state index contributed by atoms with van der Waals surface area (Å²) in [5.74, 6) is 2.63. The van der Waals surface area contributed by atoms with E-state index in [1.165, 1.54) is 0 Å². The number of nitrogens with one attached hydrogen (secondary N) is 2. The molecule has 0 fully saturated rings. The minimum atomic E-state index is 0.519. The van der Waals surface area contributed by atoms with Crippen molar-refractivity contribution in [2.45, 2.75) is 40.0 Å². The molecule has 0 aliphatic heterocycles. The smallest absolute Gasteiger partial charge is 0.240 e. The molecule has 2 aromatic rings. The lowest BCUT2D eigenvalue weighted by Gasteiger charge is -2.08. The summed E-state index contributed by atoms with van der Waals surface area (Å²) in [6.45, 7) is 7.03. The number of ether oxygens (including phenoxy) is 1. The van der Waals surface area contributed by atoms with Crippen molar-refractivity contribution in [1.82, 2.24) is 20.2 Å². The fraction of sp³-hybridized carbons (Fsp3) is 0.500. The molecule has 0 aliphatic carbocycles. The van der Waals surface area contributed by atoms with Crippen LogP contribution in [0.25, 0.3) is 0 Å². The summed E-state index contributed by atoms with van der Waals surface area (Å²) in [6, 6.07) is 3.64. The first-order chi connectivity index (χ1) is 9.71. The van der Waals surface area contributed by atoms with E-state index in [1.807, 2.05) is 13.0 Å². The number of hydrogen-bond acceptors (Lipinski definition) is 5. The molecule has 0 atom stereocenters. The Labute approximate surface area is 119 Å². The van der Waals surface area contributed by atoms with Gasteiger partial charge in [-0.1, -0.05) is 13.8 Å². The van der Waals surface area contributed by atoms with Crippen molar-refractivity contribution in [3.63, 3.8) is 0 Å². The Morgan fingerprint density at radius 2 is 2.00 bits per heavy atom. The van der Waals surface area contributed by atoms with Gasteiger partial charge in [-0.15, -0.1) is 5.10 Å². The summed E-state index contributed by atoms with van der Waals surface area (Å²) >= 11 is 0. The number of aromatic nitrogens is 4. The van der Waals surface area contributed by atoms with E-state index >= 15 is 0 Å². The first-order valence-corrected chi connectivity index (χ1v) is 7.03. The molecule has 6 nitrogen and oxygen atoms in total. The van der Waals surface area contributed by atoms with Crippen LogP contribution in [-0.4, -0.2) is 26.7 Å². The maximum absolute atomic E-state index is 5.67. The lowest BCUT2D eigenvalue weighted by atomic mass is 10.3. The highest BCUT2D eigenvalue weighted by molar-refractivity contribution is 5.39. The molecule has 0 saturated heterocycles. The number of anilines is 1. The Morgan fingerprint density at radius 3 is 2.65 bits per heavy atom. The molecular formula is C14H21N5O. The van der Waals surface area contributed by atoms with Crippen molar-refractivity contribution in [2.24, 2.45) is 0 Å². The van der Waals surface area contributed by atoms with Crippen LogP contribution in [0.4, 0.5) is 5.82 Å². The van der Waals surface area contributed by atoms with Crippen molar-refractivity contribution in [3.05, 3.63) is 23.7 Å². The molecule has 0 unspecified atom stereocenters. The molecule has 2 aromatic heterocycles. The van der Waals surface area contributed by atoms with Crippen molar-refractivity contribution in [3.8, 4) is 11.8 Å². The molecule has 0 aromatic carbocycles.